The zero-order valence-corrected chi connectivity index (χ0v) is 9.47. The molecule has 17 heavy (non-hydrogen) atoms. The van der Waals surface area contributed by atoms with Crippen molar-refractivity contribution in [2.75, 3.05) is 0 Å². The average molecular weight is 250 g/mol. The summed E-state index contributed by atoms with van der Waals surface area (Å²) in [6.45, 7) is 0. The summed E-state index contributed by atoms with van der Waals surface area (Å²) in [6.07, 6.45) is 1.09. The van der Waals surface area contributed by atoms with Crippen LogP contribution in [0.1, 0.15) is 11.3 Å². The summed E-state index contributed by atoms with van der Waals surface area (Å²) in [5.41, 5.74) is 2.46. The van der Waals surface area contributed by atoms with Gasteiger partial charge in [0.2, 0.25) is 0 Å². The van der Waals surface area contributed by atoms with Crippen LogP contribution in [0.3, 0.4) is 0 Å². The van der Waals surface area contributed by atoms with Gasteiger partial charge in [-0.05, 0) is 29.1 Å². The summed E-state index contributed by atoms with van der Waals surface area (Å²) in [5.74, 6) is 0. The average Bonchev–Trinajstić information content (AvgIpc) is 2.97. The van der Waals surface area contributed by atoms with Gasteiger partial charge in [0.25, 0.3) is 6.43 Å². The summed E-state index contributed by atoms with van der Waals surface area (Å²) >= 11 is 1.07. The zero-order valence-electron chi connectivity index (χ0n) is 8.65. The zero-order chi connectivity index (χ0) is 11.8. The Morgan fingerprint density at radius 2 is 2.12 bits per heavy atom. The topological polar surface area (TPSA) is 28.7 Å². The molecule has 0 saturated heterocycles. The molecule has 0 bridgehead atoms. The van der Waals surface area contributed by atoms with E-state index < -0.39 is 6.43 Å². The lowest BCUT2D eigenvalue weighted by atomic mass is 10.1. The first-order chi connectivity index (χ1) is 8.24. The van der Waals surface area contributed by atoms with E-state index in [4.69, 9.17) is 0 Å². The van der Waals surface area contributed by atoms with E-state index in [2.05, 4.69) is 9.97 Å². The molecule has 0 radical (unpaired) electrons. The molecule has 0 saturated carbocycles. The maximum atomic E-state index is 12.5. The number of aromatic amines is 1. The second-order valence-electron chi connectivity index (χ2n) is 3.68. The molecule has 0 aromatic carbocycles. The number of alkyl halides is 2. The van der Waals surface area contributed by atoms with E-state index in [1.807, 2.05) is 12.1 Å². The molecule has 1 N–H and O–H groups in total. The number of halogens is 2. The molecule has 0 unspecified atom stereocenters. The van der Waals surface area contributed by atoms with E-state index in [9.17, 15) is 8.78 Å². The van der Waals surface area contributed by atoms with E-state index >= 15 is 0 Å². The van der Waals surface area contributed by atoms with Crippen LogP contribution in [-0.4, -0.2) is 9.97 Å². The van der Waals surface area contributed by atoms with Crippen LogP contribution < -0.4 is 0 Å². The van der Waals surface area contributed by atoms with Crippen LogP contribution in [0, 0.1) is 0 Å². The van der Waals surface area contributed by atoms with Crippen molar-refractivity contribution in [3.8, 4) is 11.1 Å². The highest BCUT2D eigenvalue weighted by Crippen LogP contribution is 2.32. The molecule has 2 nitrogen and oxygen atoms in total. The number of H-pyrrole nitrogens is 1. The summed E-state index contributed by atoms with van der Waals surface area (Å²) < 4.78 is 25.0. The number of hydrogen-bond acceptors (Lipinski definition) is 2. The second kappa shape index (κ2) is 3.92. The number of aromatic nitrogens is 2. The highest BCUT2D eigenvalue weighted by Gasteiger charge is 2.11. The Morgan fingerprint density at radius 1 is 1.24 bits per heavy atom. The second-order valence-corrected chi connectivity index (χ2v) is 4.62. The van der Waals surface area contributed by atoms with Crippen LogP contribution in [0.15, 0.2) is 36.0 Å². The summed E-state index contributed by atoms with van der Waals surface area (Å²) in [4.78, 5) is 7.32. The van der Waals surface area contributed by atoms with Crippen LogP contribution in [0.25, 0.3) is 22.2 Å². The molecule has 0 aliphatic heterocycles. The predicted molar refractivity (Wildman–Crippen MR) is 64.4 cm³/mol. The van der Waals surface area contributed by atoms with Gasteiger partial charge in [-0.25, -0.2) is 13.8 Å². The third-order valence-corrected chi connectivity index (χ3v) is 3.51. The maximum absolute atomic E-state index is 12.5. The lowest BCUT2D eigenvalue weighted by Crippen LogP contribution is -1.80. The van der Waals surface area contributed by atoms with Crippen LogP contribution in [0.2, 0.25) is 0 Å². The van der Waals surface area contributed by atoms with Gasteiger partial charge in [-0.2, -0.15) is 0 Å². The Balaban J connectivity index is 2.06. The van der Waals surface area contributed by atoms with Crippen LogP contribution in [0.5, 0.6) is 0 Å². The fourth-order valence-corrected chi connectivity index (χ4v) is 2.48. The van der Waals surface area contributed by atoms with Gasteiger partial charge in [-0.1, -0.05) is 0 Å². The van der Waals surface area contributed by atoms with Crippen molar-refractivity contribution < 1.29 is 8.78 Å². The maximum Gasteiger partial charge on any atom is 0.272 e. The largest absolute Gasteiger partial charge is 0.346 e. The van der Waals surface area contributed by atoms with E-state index in [0.717, 1.165) is 33.5 Å². The minimum absolute atomic E-state index is 0.0918. The molecular formula is C12H8F2N2S. The molecule has 3 aromatic rings. The Kier molecular flexibility index (Phi) is 2.40. The van der Waals surface area contributed by atoms with Crippen molar-refractivity contribution in [1.82, 2.24) is 9.97 Å². The third kappa shape index (κ3) is 1.82. The van der Waals surface area contributed by atoms with Gasteiger partial charge in [0.1, 0.15) is 5.65 Å². The van der Waals surface area contributed by atoms with E-state index in [-0.39, 0.29) is 4.88 Å². The Bertz CT molecular complexity index is 657. The van der Waals surface area contributed by atoms with Gasteiger partial charge in [-0.15, -0.1) is 11.3 Å². The van der Waals surface area contributed by atoms with Gasteiger partial charge in [0.05, 0.1) is 4.88 Å². The van der Waals surface area contributed by atoms with Crippen LogP contribution >= 0.6 is 11.3 Å². The van der Waals surface area contributed by atoms with Gasteiger partial charge >= 0.3 is 0 Å². The number of fused-ring (bicyclic) bond motifs is 1. The molecule has 0 spiro atoms. The van der Waals surface area contributed by atoms with Crippen molar-refractivity contribution >= 4 is 22.4 Å². The monoisotopic (exact) mass is 250 g/mol. The van der Waals surface area contributed by atoms with Crippen LogP contribution in [0.4, 0.5) is 8.78 Å². The SMILES string of the molecule is FC(F)c1cc(-c2cnc3[nH]ccc3c2)cs1. The molecule has 0 atom stereocenters. The van der Waals surface area contributed by atoms with Gasteiger partial charge < -0.3 is 4.98 Å². The molecule has 3 aromatic heterocycles. The van der Waals surface area contributed by atoms with Crippen molar-refractivity contribution in [2.45, 2.75) is 6.43 Å². The first-order valence-electron chi connectivity index (χ1n) is 5.04. The Hall–Kier alpha value is -1.75. The number of nitrogens with zero attached hydrogens (tertiary/aromatic N) is 1. The van der Waals surface area contributed by atoms with Crippen molar-refractivity contribution in [2.24, 2.45) is 0 Å². The molecular weight excluding hydrogens is 242 g/mol. The van der Waals surface area contributed by atoms with E-state index in [1.54, 1.807) is 17.8 Å². The molecule has 86 valence electrons. The number of hydrogen-bond donors (Lipinski definition) is 1. The Morgan fingerprint density at radius 3 is 2.88 bits per heavy atom. The third-order valence-electron chi connectivity index (χ3n) is 2.57. The van der Waals surface area contributed by atoms with Crippen LogP contribution in [-0.2, 0) is 0 Å². The van der Waals surface area contributed by atoms with E-state index in [1.165, 1.54) is 6.07 Å². The molecule has 5 heteroatoms. The number of pyridine rings is 1. The van der Waals surface area contributed by atoms with Gasteiger partial charge in [0, 0.05) is 23.3 Å². The predicted octanol–water partition coefficient (Wildman–Crippen LogP) is 4.23. The smallest absolute Gasteiger partial charge is 0.272 e. The fraction of sp³-hybridized carbons (Fsp3) is 0.0833. The first-order valence-corrected chi connectivity index (χ1v) is 5.92. The normalized spacial score (nSPS) is 11.5. The minimum Gasteiger partial charge on any atom is -0.346 e. The summed E-state index contributed by atoms with van der Waals surface area (Å²) in [7, 11) is 0. The quantitative estimate of drug-likeness (QED) is 0.724. The lowest BCUT2D eigenvalue weighted by Gasteiger charge is -1.97. The molecule has 0 aliphatic carbocycles. The van der Waals surface area contributed by atoms with Gasteiger partial charge in [-0.3, -0.25) is 0 Å². The minimum atomic E-state index is -2.40. The van der Waals surface area contributed by atoms with Crippen molar-refractivity contribution in [1.29, 1.82) is 0 Å². The lowest BCUT2D eigenvalue weighted by molar-refractivity contribution is 0.155. The molecule has 3 heterocycles. The van der Waals surface area contributed by atoms with Crippen molar-refractivity contribution in [3.05, 3.63) is 40.8 Å². The van der Waals surface area contributed by atoms with Crippen molar-refractivity contribution in [3.63, 3.8) is 0 Å². The highest BCUT2D eigenvalue weighted by atomic mass is 32.1. The number of thiophene rings is 1. The highest BCUT2D eigenvalue weighted by molar-refractivity contribution is 7.10. The number of rotatable bonds is 2. The Labute approximate surface area is 99.9 Å². The molecule has 3 rings (SSSR count). The summed E-state index contributed by atoms with van der Waals surface area (Å²) in [6, 6.07) is 5.37. The summed E-state index contributed by atoms with van der Waals surface area (Å²) in [5, 5.41) is 2.71. The number of nitrogens with one attached hydrogen (secondary N) is 1. The first kappa shape index (κ1) is 10.4. The molecule has 0 amide bonds. The van der Waals surface area contributed by atoms with E-state index in [0.29, 0.717) is 0 Å². The van der Waals surface area contributed by atoms with Gasteiger partial charge in [0.15, 0.2) is 0 Å². The molecule has 0 fully saturated rings. The standard InChI is InChI=1S/C12H8F2N2S/c13-11(14)10-4-9(6-17-10)8-3-7-1-2-15-12(7)16-5-8/h1-6,11H,(H,15,16). The fourth-order valence-electron chi connectivity index (χ4n) is 1.72. The molecule has 0 aliphatic rings.